The lowest BCUT2D eigenvalue weighted by molar-refractivity contribution is 0.0521. The maximum Gasteiger partial charge on any atom is 0.360 e. The number of rotatable bonds is 3. The number of nitrogens with one attached hydrogen (secondary N) is 1. The van der Waals surface area contributed by atoms with E-state index in [1.54, 1.807) is 14.0 Å². The number of ether oxygens (including phenoxy) is 1. The van der Waals surface area contributed by atoms with E-state index in [0.29, 0.717) is 21.2 Å². The molecule has 0 unspecified atom stereocenters. The van der Waals surface area contributed by atoms with Gasteiger partial charge in [0, 0.05) is 7.05 Å². The second-order valence-corrected chi connectivity index (χ2v) is 4.39. The standard InChI is InChI=1S/C7H9BrN2O2S/c1-3-12-6(11)4-5(9-2)13-7(8)10-4/h9H,3H2,1-2H3. The Balaban J connectivity index is 2.91. The highest BCUT2D eigenvalue weighted by Gasteiger charge is 2.17. The van der Waals surface area contributed by atoms with Gasteiger partial charge in [0.2, 0.25) is 0 Å². The molecule has 0 aliphatic rings. The van der Waals surface area contributed by atoms with Crippen LogP contribution in [0, 0.1) is 0 Å². The van der Waals surface area contributed by atoms with Gasteiger partial charge in [-0.3, -0.25) is 0 Å². The predicted octanol–water partition coefficient (Wildman–Crippen LogP) is 2.12. The van der Waals surface area contributed by atoms with Crippen molar-refractivity contribution in [1.29, 1.82) is 0 Å². The van der Waals surface area contributed by atoms with Gasteiger partial charge in [-0.15, -0.1) is 0 Å². The molecule has 72 valence electrons. The van der Waals surface area contributed by atoms with Crippen molar-refractivity contribution < 1.29 is 9.53 Å². The number of halogens is 1. The van der Waals surface area contributed by atoms with Crippen LogP contribution in [0.3, 0.4) is 0 Å². The molecule has 0 saturated carbocycles. The molecule has 1 aromatic rings. The number of anilines is 1. The van der Waals surface area contributed by atoms with E-state index in [-0.39, 0.29) is 0 Å². The van der Waals surface area contributed by atoms with Gasteiger partial charge in [0.1, 0.15) is 5.00 Å². The second kappa shape index (κ2) is 4.57. The van der Waals surface area contributed by atoms with Gasteiger partial charge in [-0.05, 0) is 22.9 Å². The summed E-state index contributed by atoms with van der Waals surface area (Å²) in [6.07, 6.45) is 0. The Labute approximate surface area is 88.4 Å². The molecule has 0 atom stereocenters. The van der Waals surface area contributed by atoms with E-state index in [1.165, 1.54) is 11.3 Å². The Hall–Kier alpha value is -0.620. The molecule has 0 aliphatic heterocycles. The maximum atomic E-state index is 11.3. The number of hydrogen-bond acceptors (Lipinski definition) is 5. The summed E-state index contributed by atoms with van der Waals surface area (Å²) in [5.74, 6) is -0.395. The first-order valence-corrected chi connectivity index (χ1v) is 5.31. The molecule has 0 fully saturated rings. The molecule has 0 radical (unpaired) electrons. The minimum atomic E-state index is -0.395. The zero-order valence-corrected chi connectivity index (χ0v) is 9.66. The van der Waals surface area contributed by atoms with Crippen LogP contribution >= 0.6 is 27.3 Å². The molecule has 0 aliphatic carbocycles. The highest BCUT2D eigenvalue weighted by molar-refractivity contribution is 9.11. The summed E-state index contributed by atoms with van der Waals surface area (Å²) < 4.78 is 5.49. The molecule has 0 bridgehead atoms. The molecule has 1 N–H and O–H groups in total. The average Bonchev–Trinajstić information content (AvgIpc) is 2.47. The van der Waals surface area contributed by atoms with Crippen LogP contribution in [0.4, 0.5) is 5.00 Å². The molecular formula is C7H9BrN2O2S. The summed E-state index contributed by atoms with van der Waals surface area (Å²) in [6.45, 7) is 2.12. The molecule has 1 heterocycles. The first-order chi connectivity index (χ1) is 6.19. The highest BCUT2D eigenvalue weighted by atomic mass is 79.9. The van der Waals surface area contributed by atoms with Crippen LogP contribution in [0.15, 0.2) is 3.92 Å². The van der Waals surface area contributed by atoms with E-state index in [9.17, 15) is 4.79 Å². The SMILES string of the molecule is CCOC(=O)c1nc(Br)sc1NC. The summed E-state index contributed by atoms with van der Waals surface area (Å²) in [5.41, 5.74) is 0.334. The number of thiazole rings is 1. The third kappa shape index (κ3) is 2.41. The van der Waals surface area contributed by atoms with Gasteiger partial charge in [-0.25, -0.2) is 9.78 Å². The van der Waals surface area contributed by atoms with Crippen LogP contribution in [0.1, 0.15) is 17.4 Å². The fraction of sp³-hybridized carbons (Fsp3) is 0.429. The largest absolute Gasteiger partial charge is 0.461 e. The zero-order chi connectivity index (χ0) is 9.84. The van der Waals surface area contributed by atoms with Gasteiger partial charge < -0.3 is 10.1 Å². The Morgan fingerprint density at radius 3 is 3.00 bits per heavy atom. The summed E-state index contributed by atoms with van der Waals surface area (Å²) in [6, 6.07) is 0. The summed E-state index contributed by atoms with van der Waals surface area (Å²) in [7, 11) is 1.74. The first kappa shape index (κ1) is 10.5. The second-order valence-electron chi connectivity index (χ2n) is 2.12. The van der Waals surface area contributed by atoms with Crippen molar-refractivity contribution in [1.82, 2.24) is 4.98 Å². The van der Waals surface area contributed by atoms with E-state index in [0.717, 1.165) is 0 Å². The normalized spacial score (nSPS) is 9.77. The Morgan fingerprint density at radius 1 is 1.77 bits per heavy atom. The lowest BCUT2D eigenvalue weighted by Crippen LogP contribution is -2.07. The lowest BCUT2D eigenvalue weighted by Gasteiger charge is -2.00. The summed E-state index contributed by atoms with van der Waals surface area (Å²) in [4.78, 5) is 15.3. The quantitative estimate of drug-likeness (QED) is 0.850. The van der Waals surface area contributed by atoms with Crippen LogP contribution in [-0.2, 0) is 4.74 Å². The van der Waals surface area contributed by atoms with Crippen molar-refractivity contribution in [3.05, 3.63) is 9.61 Å². The Kier molecular flexibility index (Phi) is 3.68. The van der Waals surface area contributed by atoms with Crippen molar-refractivity contribution in [2.45, 2.75) is 6.92 Å². The predicted molar refractivity (Wildman–Crippen MR) is 55.3 cm³/mol. The lowest BCUT2D eigenvalue weighted by atomic mass is 10.4. The fourth-order valence-electron chi connectivity index (χ4n) is 0.801. The van der Waals surface area contributed by atoms with Gasteiger partial charge in [0.15, 0.2) is 9.61 Å². The summed E-state index contributed by atoms with van der Waals surface area (Å²) in [5, 5.41) is 3.59. The van der Waals surface area contributed by atoms with Gasteiger partial charge in [0.25, 0.3) is 0 Å². The van der Waals surface area contributed by atoms with E-state index in [2.05, 4.69) is 26.2 Å². The van der Waals surface area contributed by atoms with Crippen molar-refractivity contribution in [2.75, 3.05) is 19.0 Å². The van der Waals surface area contributed by atoms with Crippen LogP contribution in [0.25, 0.3) is 0 Å². The highest BCUT2D eigenvalue weighted by Crippen LogP contribution is 2.28. The number of esters is 1. The van der Waals surface area contributed by atoms with Crippen molar-refractivity contribution in [3.8, 4) is 0 Å². The smallest absolute Gasteiger partial charge is 0.360 e. The molecule has 1 rings (SSSR count). The third-order valence-electron chi connectivity index (χ3n) is 1.30. The van der Waals surface area contributed by atoms with Crippen LogP contribution in [0.2, 0.25) is 0 Å². The number of hydrogen-bond donors (Lipinski definition) is 1. The average molecular weight is 265 g/mol. The molecule has 0 spiro atoms. The van der Waals surface area contributed by atoms with Gasteiger partial charge in [-0.1, -0.05) is 11.3 Å². The van der Waals surface area contributed by atoms with Crippen LogP contribution < -0.4 is 5.32 Å². The monoisotopic (exact) mass is 264 g/mol. The number of nitrogens with zero attached hydrogens (tertiary/aromatic N) is 1. The zero-order valence-electron chi connectivity index (χ0n) is 7.26. The molecule has 0 aromatic carbocycles. The van der Waals surface area contributed by atoms with Crippen molar-refractivity contribution in [2.24, 2.45) is 0 Å². The third-order valence-corrected chi connectivity index (χ3v) is 2.82. The van der Waals surface area contributed by atoms with E-state index < -0.39 is 5.97 Å². The molecule has 0 saturated heterocycles. The fourth-order valence-corrected chi connectivity index (χ4v) is 2.10. The van der Waals surface area contributed by atoms with E-state index >= 15 is 0 Å². The minimum absolute atomic E-state index is 0.334. The molecule has 4 nitrogen and oxygen atoms in total. The molecule has 0 amide bonds. The van der Waals surface area contributed by atoms with Crippen LogP contribution in [0.5, 0.6) is 0 Å². The number of aromatic nitrogens is 1. The van der Waals surface area contributed by atoms with Gasteiger partial charge in [0.05, 0.1) is 6.61 Å². The summed E-state index contributed by atoms with van der Waals surface area (Å²) >= 11 is 4.56. The minimum Gasteiger partial charge on any atom is -0.461 e. The molecule has 1 aromatic heterocycles. The van der Waals surface area contributed by atoms with Crippen molar-refractivity contribution >= 4 is 38.2 Å². The Morgan fingerprint density at radius 2 is 2.46 bits per heavy atom. The molecular weight excluding hydrogens is 256 g/mol. The maximum absolute atomic E-state index is 11.3. The molecule has 13 heavy (non-hydrogen) atoms. The van der Waals surface area contributed by atoms with E-state index in [1.807, 2.05) is 0 Å². The first-order valence-electron chi connectivity index (χ1n) is 3.70. The molecule has 6 heteroatoms. The Bertz CT molecular complexity index is 313. The van der Waals surface area contributed by atoms with Crippen molar-refractivity contribution in [3.63, 3.8) is 0 Å². The van der Waals surface area contributed by atoms with Gasteiger partial charge in [-0.2, -0.15) is 0 Å². The van der Waals surface area contributed by atoms with Crippen LogP contribution in [-0.4, -0.2) is 24.6 Å². The van der Waals surface area contributed by atoms with Gasteiger partial charge >= 0.3 is 5.97 Å². The number of carbonyl (C=O) groups is 1. The topological polar surface area (TPSA) is 51.2 Å². The number of carbonyl (C=O) groups excluding carboxylic acids is 1. The van der Waals surface area contributed by atoms with E-state index in [4.69, 9.17) is 4.74 Å².